The van der Waals surface area contributed by atoms with Crippen LogP contribution in [0.1, 0.15) is 25.8 Å². The molecule has 0 fully saturated rings. The normalized spacial score (nSPS) is 12.1. The molecule has 0 saturated heterocycles. The molecule has 0 atom stereocenters. The van der Waals surface area contributed by atoms with Gasteiger partial charge in [0, 0.05) is 18.0 Å². The number of pyridine rings is 1. The van der Waals surface area contributed by atoms with E-state index >= 15 is 0 Å². The van der Waals surface area contributed by atoms with E-state index in [0.29, 0.717) is 39.3 Å². The maximum absolute atomic E-state index is 12.8. The van der Waals surface area contributed by atoms with Crippen LogP contribution in [0.2, 0.25) is 0 Å². The predicted octanol–water partition coefficient (Wildman–Crippen LogP) is 3.19. The molecule has 0 aliphatic rings. The molecular formula is C22H22N4O3S. The number of benzene rings is 1. The third kappa shape index (κ3) is 4.18. The van der Waals surface area contributed by atoms with Crippen LogP contribution in [0.3, 0.4) is 0 Å². The number of methoxy groups -OCH3 is 1. The Kier molecular flexibility index (Phi) is 5.76. The highest BCUT2D eigenvalue weighted by molar-refractivity contribution is 7.15. The van der Waals surface area contributed by atoms with E-state index in [1.54, 1.807) is 19.5 Å². The fraction of sp³-hybridized carbons (Fsp3) is 0.273. The van der Waals surface area contributed by atoms with Crippen LogP contribution in [0, 0.1) is 5.92 Å². The number of fused-ring (bicyclic) bond motifs is 1. The van der Waals surface area contributed by atoms with Crippen LogP contribution in [-0.2, 0) is 0 Å². The van der Waals surface area contributed by atoms with Gasteiger partial charge >= 0.3 is 0 Å². The minimum atomic E-state index is -0.200. The Labute approximate surface area is 177 Å². The van der Waals surface area contributed by atoms with Gasteiger partial charge in [-0.1, -0.05) is 31.3 Å². The molecule has 3 heterocycles. The summed E-state index contributed by atoms with van der Waals surface area (Å²) in [6.45, 7) is 4.95. The van der Waals surface area contributed by atoms with Crippen molar-refractivity contribution in [3.63, 3.8) is 0 Å². The van der Waals surface area contributed by atoms with E-state index in [-0.39, 0.29) is 5.56 Å². The van der Waals surface area contributed by atoms with Gasteiger partial charge in [0.1, 0.15) is 0 Å². The van der Waals surface area contributed by atoms with Crippen LogP contribution in [0.25, 0.3) is 22.4 Å². The van der Waals surface area contributed by atoms with Crippen molar-refractivity contribution < 1.29 is 9.47 Å². The molecule has 0 N–H and O–H groups in total. The molecule has 0 bridgehead atoms. The molecule has 30 heavy (non-hydrogen) atoms. The average Bonchev–Trinajstić information content (AvgIpc) is 3.29. The number of ether oxygens (including phenoxy) is 2. The van der Waals surface area contributed by atoms with E-state index in [4.69, 9.17) is 9.47 Å². The second kappa shape index (κ2) is 8.62. The third-order valence-corrected chi connectivity index (χ3v) is 5.50. The van der Waals surface area contributed by atoms with Gasteiger partial charge in [-0.25, -0.2) is 0 Å². The summed E-state index contributed by atoms with van der Waals surface area (Å²) >= 11 is 1.30. The Morgan fingerprint density at radius 2 is 2.10 bits per heavy atom. The number of aromatic nitrogens is 4. The zero-order valence-corrected chi connectivity index (χ0v) is 17.8. The van der Waals surface area contributed by atoms with Gasteiger partial charge in [-0.05, 0) is 48.2 Å². The van der Waals surface area contributed by atoms with E-state index in [9.17, 15) is 4.79 Å². The van der Waals surface area contributed by atoms with Crippen molar-refractivity contribution in [1.82, 2.24) is 19.6 Å². The molecule has 1 aromatic carbocycles. The lowest BCUT2D eigenvalue weighted by molar-refractivity contribution is 0.273. The van der Waals surface area contributed by atoms with Crippen LogP contribution in [0.15, 0.2) is 47.5 Å². The van der Waals surface area contributed by atoms with Crippen molar-refractivity contribution in [2.75, 3.05) is 13.7 Å². The zero-order chi connectivity index (χ0) is 21.1. The Bertz CT molecular complexity index is 1270. The summed E-state index contributed by atoms with van der Waals surface area (Å²) in [5.74, 6) is 2.39. The summed E-state index contributed by atoms with van der Waals surface area (Å²) in [6, 6.07) is 9.31. The lowest BCUT2D eigenvalue weighted by atomic mass is 10.1. The zero-order valence-electron chi connectivity index (χ0n) is 17.0. The minimum absolute atomic E-state index is 0.200. The maximum Gasteiger partial charge on any atom is 0.291 e. The molecule has 0 spiro atoms. The quantitative estimate of drug-likeness (QED) is 0.455. The van der Waals surface area contributed by atoms with Gasteiger partial charge in [0.15, 0.2) is 17.3 Å². The van der Waals surface area contributed by atoms with Crippen molar-refractivity contribution in [3.8, 4) is 22.9 Å². The summed E-state index contributed by atoms with van der Waals surface area (Å²) in [5.41, 5.74) is 1.42. The van der Waals surface area contributed by atoms with Gasteiger partial charge in [0.2, 0.25) is 4.96 Å². The second-order valence-electron chi connectivity index (χ2n) is 7.23. The number of thiazole rings is 1. The SMILES string of the molecule is COc1cc(C=c2sc3nc(-c4cccnc4)nn3c2=O)ccc1OCCC(C)C. The van der Waals surface area contributed by atoms with Crippen molar-refractivity contribution in [2.24, 2.45) is 5.92 Å². The van der Waals surface area contributed by atoms with Crippen LogP contribution in [0.5, 0.6) is 11.5 Å². The van der Waals surface area contributed by atoms with Crippen molar-refractivity contribution in [1.29, 1.82) is 0 Å². The van der Waals surface area contributed by atoms with Crippen LogP contribution in [0.4, 0.5) is 0 Å². The van der Waals surface area contributed by atoms with Gasteiger partial charge < -0.3 is 9.47 Å². The number of rotatable bonds is 7. The summed E-state index contributed by atoms with van der Waals surface area (Å²) in [6.07, 6.45) is 6.14. The van der Waals surface area contributed by atoms with Crippen molar-refractivity contribution in [3.05, 3.63) is 63.2 Å². The Hall–Kier alpha value is -3.26. The molecule has 154 valence electrons. The fourth-order valence-corrected chi connectivity index (χ4v) is 3.81. The molecule has 0 aliphatic carbocycles. The van der Waals surface area contributed by atoms with Crippen LogP contribution < -0.4 is 19.6 Å². The first kappa shape index (κ1) is 20.0. The van der Waals surface area contributed by atoms with Gasteiger partial charge in [-0.2, -0.15) is 9.50 Å². The van der Waals surface area contributed by atoms with Gasteiger partial charge in [0.05, 0.1) is 18.2 Å². The molecule has 4 rings (SSSR count). The van der Waals surface area contributed by atoms with Gasteiger partial charge in [0.25, 0.3) is 5.56 Å². The summed E-state index contributed by atoms with van der Waals surface area (Å²) in [7, 11) is 1.61. The second-order valence-corrected chi connectivity index (χ2v) is 8.24. The standard InChI is InChI=1S/C22H22N4O3S/c1-14(2)8-10-29-17-7-6-15(11-18(17)28-3)12-19-21(27)26-22(30-19)24-20(25-26)16-5-4-9-23-13-16/h4-7,9,11-14H,8,10H2,1-3H3. The fourth-order valence-electron chi connectivity index (χ4n) is 2.90. The topological polar surface area (TPSA) is 78.6 Å². The van der Waals surface area contributed by atoms with Crippen molar-refractivity contribution >= 4 is 22.4 Å². The molecule has 0 radical (unpaired) electrons. The van der Waals surface area contributed by atoms with Gasteiger partial charge in [-0.3, -0.25) is 9.78 Å². The Balaban J connectivity index is 1.63. The molecule has 0 aliphatic heterocycles. The molecule has 0 unspecified atom stereocenters. The first-order valence-corrected chi connectivity index (χ1v) is 10.5. The minimum Gasteiger partial charge on any atom is -0.493 e. The Morgan fingerprint density at radius 1 is 1.23 bits per heavy atom. The first-order valence-electron chi connectivity index (χ1n) is 9.67. The largest absolute Gasteiger partial charge is 0.493 e. The highest BCUT2D eigenvalue weighted by Crippen LogP contribution is 2.28. The molecule has 4 aromatic rings. The highest BCUT2D eigenvalue weighted by atomic mass is 32.1. The third-order valence-electron chi connectivity index (χ3n) is 4.54. The summed E-state index contributed by atoms with van der Waals surface area (Å²) in [4.78, 5) is 21.9. The monoisotopic (exact) mass is 422 g/mol. The van der Waals surface area contributed by atoms with E-state index in [1.807, 2.05) is 36.4 Å². The van der Waals surface area contributed by atoms with Crippen LogP contribution >= 0.6 is 11.3 Å². The number of nitrogens with zero attached hydrogens (tertiary/aromatic N) is 4. The molecule has 0 saturated carbocycles. The van der Waals surface area contributed by atoms with E-state index < -0.39 is 0 Å². The number of hydrogen-bond acceptors (Lipinski definition) is 7. The summed E-state index contributed by atoms with van der Waals surface area (Å²) < 4.78 is 13.2. The maximum atomic E-state index is 12.8. The molecule has 0 amide bonds. The van der Waals surface area contributed by atoms with Crippen LogP contribution in [-0.4, -0.2) is 33.3 Å². The lowest BCUT2D eigenvalue weighted by Gasteiger charge is -2.12. The average molecular weight is 423 g/mol. The molecule has 7 nitrogen and oxygen atoms in total. The first-order chi connectivity index (χ1) is 14.5. The molecular weight excluding hydrogens is 400 g/mol. The van der Waals surface area contributed by atoms with E-state index in [2.05, 4.69) is 28.9 Å². The number of hydrogen-bond donors (Lipinski definition) is 0. The van der Waals surface area contributed by atoms with Gasteiger partial charge in [-0.15, -0.1) is 5.10 Å². The predicted molar refractivity (Wildman–Crippen MR) is 117 cm³/mol. The summed E-state index contributed by atoms with van der Waals surface area (Å²) in [5, 5.41) is 4.34. The molecule has 8 heteroatoms. The van der Waals surface area contributed by atoms with Crippen molar-refractivity contribution in [2.45, 2.75) is 20.3 Å². The highest BCUT2D eigenvalue weighted by Gasteiger charge is 2.12. The van der Waals surface area contributed by atoms with E-state index in [0.717, 1.165) is 17.5 Å². The van der Waals surface area contributed by atoms with E-state index in [1.165, 1.54) is 15.9 Å². The smallest absolute Gasteiger partial charge is 0.291 e. The Morgan fingerprint density at radius 3 is 2.80 bits per heavy atom. The molecule has 3 aromatic heterocycles. The lowest BCUT2D eigenvalue weighted by Crippen LogP contribution is -2.23.